The van der Waals surface area contributed by atoms with E-state index >= 15 is 0 Å². The van der Waals surface area contributed by atoms with E-state index in [1.807, 2.05) is 13.8 Å². The smallest absolute Gasteiger partial charge is 0.264 e. The van der Waals surface area contributed by atoms with Crippen LogP contribution in [0.3, 0.4) is 0 Å². The zero-order valence-electron chi connectivity index (χ0n) is 22.7. The van der Waals surface area contributed by atoms with E-state index in [0.29, 0.717) is 38.4 Å². The summed E-state index contributed by atoms with van der Waals surface area (Å²) in [5.74, 6) is -0.722. The predicted octanol–water partition coefficient (Wildman–Crippen LogP) is 6.34. The predicted molar refractivity (Wildman–Crippen MR) is 161 cm³/mol. The van der Waals surface area contributed by atoms with Crippen molar-refractivity contribution < 1.29 is 18.0 Å². The van der Waals surface area contributed by atoms with Crippen LogP contribution in [-0.2, 0) is 26.2 Å². The van der Waals surface area contributed by atoms with Crippen LogP contribution < -0.4 is 9.62 Å². The molecule has 3 aromatic rings. The van der Waals surface area contributed by atoms with Gasteiger partial charge >= 0.3 is 0 Å². The van der Waals surface area contributed by atoms with Crippen molar-refractivity contribution >= 4 is 62.3 Å². The summed E-state index contributed by atoms with van der Waals surface area (Å²) in [5, 5.41) is 3.89. The largest absolute Gasteiger partial charge is 0.354 e. The quantitative estimate of drug-likeness (QED) is 0.270. The average Bonchev–Trinajstić information content (AvgIpc) is 2.91. The Hall–Kier alpha value is -2.78. The van der Waals surface area contributed by atoms with Crippen molar-refractivity contribution in [2.45, 2.75) is 45.2 Å². The van der Waals surface area contributed by atoms with Crippen LogP contribution in [0.2, 0.25) is 15.1 Å². The first-order valence-electron chi connectivity index (χ1n) is 12.7. The fraction of sp³-hybridized carbons (Fsp3) is 0.310. The first-order valence-corrected chi connectivity index (χ1v) is 15.2. The number of amides is 2. The van der Waals surface area contributed by atoms with E-state index in [4.69, 9.17) is 34.8 Å². The minimum atomic E-state index is -4.19. The van der Waals surface area contributed by atoms with Crippen molar-refractivity contribution in [3.8, 4) is 0 Å². The van der Waals surface area contributed by atoms with Gasteiger partial charge < -0.3 is 10.2 Å². The van der Waals surface area contributed by atoms with E-state index in [2.05, 4.69) is 5.32 Å². The maximum absolute atomic E-state index is 14.0. The lowest BCUT2D eigenvalue weighted by atomic mass is 10.1. The molecule has 0 spiro atoms. The molecule has 0 heterocycles. The van der Waals surface area contributed by atoms with Gasteiger partial charge in [0.1, 0.15) is 12.6 Å². The lowest BCUT2D eigenvalue weighted by Gasteiger charge is -2.32. The maximum atomic E-state index is 14.0. The van der Waals surface area contributed by atoms with E-state index in [1.54, 1.807) is 56.3 Å². The van der Waals surface area contributed by atoms with E-state index in [-0.39, 0.29) is 23.3 Å². The maximum Gasteiger partial charge on any atom is 0.264 e. The number of carbonyl (C=O) groups is 2. The Kier molecular flexibility index (Phi) is 10.9. The van der Waals surface area contributed by atoms with Gasteiger partial charge in [-0.25, -0.2) is 8.42 Å². The van der Waals surface area contributed by atoms with Gasteiger partial charge in [0, 0.05) is 18.1 Å². The zero-order valence-corrected chi connectivity index (χ0v) is 25.8. The molecule has 0 aliphatic heterocycles. The molecule has 1 atom stereocenters. The number of benzene rings is 3. The van der Waals surface area contributed by atoms with E-state index in [1.165, 1.54) is 29.2 Å². The van der Waals surface area contributed by atoms with Gasteiger partial charge in [-0.1, -0.05) is 72.9 Å². The number of hydrogen-bond acceptors (Lipinski definition) is 4. The van der Waals surface area contributed by atoms with E-state index in [9.17, 15) is 18.0 Å². The van der Waals surface area contributed by atoms with Crippen molar-refractivity contribution in [2.24, 2.45) is 5.92 Å². The molecule has 0 bridgehead atoms. The fourth-order valence-electron chi connectivity index (χ4n) is 3.96. The molecule has 3 rings (SSSR count). The molecule has 214 valence electrons. The monoisotopic (exact) mass is 623 g/mol. The topological polar surface area (TPSA) is 86.8 Å². The summed E-state index contributed by atoms with van der Waals surface area (Å²) in [6, 6.07) is 16.6. The Labute approximate surface area is 251 Å². The zero-order chi connectivity index (χ0) is 29.6. The summed E-state index contributed by atoms with van der Waals surface area (Å²) in [5.41, 5.74) is 1.64. The first-order chi connectivity index (χ1) is 18.8. The summed E-state index contributed by atoms with van der Waals surface area (Å²) in [7, 11) is -4.19. The molecule has 2 amide bonds. The van der Waals surface area contributed by atoms with Crippen molar-refractivity contribution in [1.82, 2.24) is 10.2 Å². The molecule has 3 aromatic carbocycles. The second-order valence-corrected chi connectivity index (χ2v) is 13.0. The summed E-state index contributed by atoms with van der Waals surface area (Å²) in [4.78, 5) is 28.4. The highest BCUT2D eigenvalue weighted by Crippen LogP contribution is 2.28. The number of sulfonamides is 1. The van der Waals surface area contributed by atoms with Gasteiger partial charge in [-0.05, 0) is 73.4 Å². The molecule has 0 aliphatic carbocycles. The Bertz CT molecular complexity index is 1460. The van der Waals surface area contributed by atoms with Gasteiger partial charge in [0.05, 0.1) is 20.6 Å². The Morgan fingerprint density at radius 1 is 0.900 bits per heavy atom. The summed E-state index contributed by atoms with van der Waals surface area (Å²) in [6.07, 6.45) is 0. The van der Waals surface area contributed by atoms with Crippen molar-refractivity contribution in [2.75, 3.05) is 17.4 Å². The standard InChI is InChI=1S/C29H32Cl3N3O4S/c1-19(2)16-33-29(37)21(4)34(17-22-9-14-25(31)26(32)15-22)28(36)18-35(27-8-6-5-7-20(27)3)40(38,39)24-12-10-23(30)11-13-24/h5-15,19,21H,16-18H2,1-4H3,(H,33,37). The third kappa shape index (κ3) is 7.91. The minimum absolute atomic E-state index is 0.00852. The second kappa shape index (κ2) is 13.7. The van der Waals surface area contributed by atoms with Crippen LogP contribution in [0.15, 0.2) is 71.6 Å². The number of carbonyl (C=O) groups excluding carboxylic acids is 2. The lowest BCUT2D eigenvalue weighted by molar-refractivity contribution is -0.139. The molecule has 0 radical (unpaired) electrons. The normalized spacial score (nSPS) is 12.2. The third-order valence-corrected chi connectivity index (χ3v) is 9.02. The van der Waals surface area contributed by atoms with Crippen LogP contribution >= 0.6 is 34.8 Å². The van der Waals surface area contributed by atoms with E-state index in [0.717, 1.165) is 4.31 Å². The number of hydrogen-bond donors (Lipinski definition) is 1. The highest BCUT2D eigenvalue weighted by atomic mass is 35.5. The molecule has 40 heavy (non-hydrogen) atoms. The molecule has 0 saturated heterocycles. The minimum Gasteiger partial charge on any atom is -0.354 e. The molecule has 7 nitrogen and oxygen atoms in total. The van der Waals surface area contributed by atoms with Gasteiger partial charge in [0.25, 0.3) is 10.0 Å². The second-order valence-electron chi connectivity index (χ2n) is 9.84. The number of anilines is 1. The van der Waals surface area contributed by atoms with Gasteiger partial charge in [-0.15, -0.1) is 0 Å². The summed E-state index contributed by atoms with van der Waals surface area (Å²) < 4.78 is 28.8. The molecule has 1 unspecified atom stereocenters. The number of rotatable bonds is 11. The van der Waals surface area contributed by atoms with Crippen molar-refractivity contribution in [3.63, 3.8) is 0 Å². The molecule has 0 aromatic heterocycles. The molecule has 11 heteroatoms. The van der Waals surface area contributed by atoms with Gasteiger partial charge in [-0.2, -0.15) is 0 Å². The van der Waals surface area contributed by atoms with Crippen molar-refractivity contribution in [3.05, 3.63) is 92.9 Å². The van der Waals surface area contributed by atoms with Gasteiger partial charge in [0.2, 0.25) is 11.8 Å². The fourth-order valence-corrected chi connectivity index (χ4v) is 5.89. The molecule has 0 saturated carbocycles. The number of para-hydroxylation sites is 1. The van der Waals surface area contributed by atoms with Crippen LogP contribution in [0.5, 0.6) is 0 Å². The Balaban J connectivity index is 2.04. The van der Waals surface area contributed by atoms with Crippen LogP contribution in [0.4, 0.5) is 5.69 Å². The summed E-state index contributed by atoms with van der Waals surface area (Å²) >= 11 is 18.3. The lowest BCUT2D eigenvalue weighted by Crippen LogP contribution is -2.51. The first kappa shape index (κ1) is 31.7. The SMILES string of the molecule is Cc1ccccc1N(CC(=O)N(Cc1ccc(Cl)c(Cl)c1)C(C)C(=O)NCC(C)C)S(=O)(=O)c1ccc(Cl)cc1. The van der Waals surface area contributed by atoms with Gasteiger partial charge in [0.15, 0.2) is 0 Å². The Morgan fingerprint density at radius 2 is 1.55 bits per heavy atom. The molecular formula is C29H32Cl3N3O4S. The highest BCUT2D eigenvalue weighted by molar-refractivity contribution is 7.92. The number of halogens is 3. The van der Waals surface area contributed by atoms with Crippen LogP contribution in [0.25, 0.3) is 0 Å². The van der Waals surface area contributed by atoms with Crippen LogP contribution in [0, 0.1) is 12.8 Å². The molecule has 1 N–H and O–H groups in total. The Morgan fingerprint density at radius 3 is 2.15 bits per heavy atom. The van der Waals surface area contributed by atoms with Crippen LogP contribution in [0.1, 0.15) is 31.9 Å². The number of aryl methyl sites for hydroxylation is 1. The molecule has 0 aliphatic rings. The average molecular weight is 625 g/mol. The number of nitrogens with zero attached hydrogens (tertiary/aromatic N) is 2. The summed E-state index contributed by atoms with van der Waals surface area (Å²) in [6.45, 7) is 7.19. The third-order valence-electron chi connectivity index (χ3n) is 6.25. The van der Waals surface area contributed by atoms with Crippen molar-refractivity contribution in [1.29, 1.82) is 0 Å². The highest BCUT2D eigenvalue weighted by Gasteiger charge is 2.33. The molecular weight excluding hydrogens is 593 g/mol. The van der Waals surface area contributed by atoms with Crippen LogP contribution in [-0.4, -0.2) is 44.3 Å². The van der Waals surface area contributed by atoms with Gasteiger partial charge in [-0.3, -0.25) is 13.9 Å². The molecule has 0 fully saturated rings. The number of nitrogens with one attached hydrogen (secondary N) is 1. The van der Waals surface area contributed by atoms with E-state index < -0.39 is 28.5 Å².